The van der Waals surface area contributed by atoms with Gasteiger partial charge in [0.15, 0.2) is 28.1 Å². The summed E-state index contributed by atoms with van der Waals surface area (Å²) in [5.74, 6) is 1.42. The zero-order valence-electron chi connectivity index (χ0n) is 17.7. The summed E-state index contributed by atoms with van der Waals surface area (Å²) in [4.78, 5) is 33.6. The summed E-state index contributed by atoms with van der Waals surface area (Å²) in [6.45, 7) is 1.97. The molecule has 4 aromatic rings. The molecule has 2 heterocycles. The van der Waals surface area contributed by atoms with E-state index in [1.54, 1.807) is 25.3 Å². The standard InChI is InChI=1S/C22H21N5O4S/c1-13-6-4-5-7-15(13)21-24-18-11-19(28)26-27(18)22(25-21)32-12-20(29)23-14-8-9-16(30-2)17(10-14)31-3/h4-11H,12H2,1-3H3,(H,23,29)(H,26,28). The number of aromatic nitrogens is 4. The number of carbonyl (C=O) groups excluding carboxylic acids is 1. The number of benzene rings is 2. The topological polar surface area (TPSA) is 111 Å². The van der Waals surface area contributed by atoms with Crippen molar-refractivity contribution in [2.45, 2.75) is 12.1 Å². The van der Waals surface area contributed by atoms with Crippen molar-refractivity contribution in [2.24, 2.45) is 0 Å². The predicted molar refractivity (Wildman–Crippen MR) is 123 cm³/mol. The first-order valence-corrected chi connectivity index (χ1v) is 10.7. The first-order chi connectivity index (χ1) is 15.5. The summed E-state index contributed by atoms with van der Waals surface area (Å²) < 4.78 is 12.0. The predicted octanol–water partition coefficient (Wildman–Crippen LogP) is 3.14. The second kappa shape index (κ2) is 9.15. The summed E-state index contributed by atoms with van der Waals surface area (Å²) in [6.07, 6.45) is 0. The van der Waals surface area contributed by atoms with Gasteiger partial charge in [0, 0.05) is 23.4 Å². The SMILES string of the molecule is COc1ccc(NC(=O)CSc2nc(-c3ccccc3C)nc3cc(=O)[nH]n23)cc1OC. The number of aryl methyl sites for hydroxylation is 1. The number of carbonyl (C=O) groups is 1. The zero-order chi connectivity index (χ0) is 22.7. The molecule has 1 amide bonds. The number of hydrogen-bond donors (Lipinski definition) is 2. The Kier molecular flexibility index (Phi) is 6.13. The fourth-order valence-corrected chi connectivity index (χ4v) is 3.92. The molecule has 2 aromatic heterocycles. The molecule has 0 fully saturated rings. The second-order valence-electron chi connectivity index (χ2n) is 6.87. The number of amides is 1. The number of fused-ring (bicyclic) bond motifs is 1. The van der Waals surface area contributed by atoms with E-state index in [1.165, 1.54) is 29.5 Å². The number of nitrogens with one attached hydrogen (secondary N) is 2. The molecule has 10 heteroatoms. The highest BCUT2D eigenvalue weighted by molar-refractivity contribution is 7.99. The number of ether oxygens (including phenoxy) is 2. The molecule has 0 aliphatic heterocycles. The quantitative estimate of drug-likeness (QED) is 0.415. The van der Waals surface area contributed by atoms with E-state index >= 15 is 0 Å². The molecule has 0 bridgehead atoms. The highest BCUT2D eigenvalue weighted by atomic mass is 32.2. The molecule has 2 N–H and O–H groups in total. The van der Waals surface area contributed by atoms with Gasteiger partial charge < -0.3 is 14.8 Å². The third-order valence-corrected chi connectivity index (χ3v) is 5.65. The molecule has 32 heavy (non-hydrogen) atoms. The Balaban J connectivity index is 1.57. The maximum Gasteiger partial charge on any atom is 0.266 e. The third kappa shape index (κ3) is 4.45. The van der Waals surface area contributed by atoms with Gasteiger partial charge >= 0.3 is 0 Å². The van der Waals surface area contributed by atoms with E-state index in [4.69, 9.17) is 9.47 Å². The number of rotatable bonds is 7. The smallest absolute Gasteiger partial charge is 0.266 e. The van der Waals surface area contributed by atoms with E-state index in [0.717, 1.165) is 11.1 Å². The Morgan fingerprint density at radius 3 is 2.62 bits per heavy atom. The normalized spacial score (nSPS) is 10.8. The molecular weight excluding hydrogens is 430 g/mol. The van der Waals surface area contributed by atoms with E-state index in [1.807, 2.05) is 31.2 Å². The number of nitrogens with zero attached hydrogens (tertiary/aromatic N) is 3. The highest BCUT2D eigenvalue weighted by Gasteiger charge is 2.15. The van der Waals surface area contributed by atoms with Gasteiger partial charge in [0.25, 0.3) is 5.56 Å². The van der Waals surface area contributed by atoms with Gasteiger partial charge in [0.1, 0.15) is 0 Å². The van der Waals surface area contributed by atoms with E-state index in [2.05, 4.69) is 20.4 Å². The lowest BCUT2D eigenvalue weighted by Crippen LogP contribution is -2.15. The average Bonchev–Trinajstić information content (AvgIpc) is 3.17. The molecule has 0 unspecified atom stereocenters. The molecular formula is C22H21N5O4S. The first kappa shape index (κ1) is 21.4. The van der Waals surface area contributed by atoms with Crippen LogP contribution in [-0.2, 0) is 4.79 Å². The van der Waals surface area contributed by atoms with E-state index in [9.17, 15) is 9.59 Å². The van der Waals surface area contributed by atoms with E-state index in [-0.39, 0.29) is 17.2 Å². The number of hydrogen-bond acceptors (Lipinski definition) is 7. The van der Waals surface area contributed by atoms with Crippen LogP contribution in [0.5, 0.6) is 11.5 Å². The second-order valence-corrected chi connectivity index (χ2v) is 7.81. The number of aromatic amines is 1. The molecule has 0 spiro atoms. The van der Waals surface area contributed by atoms with Crippen molar-refractivity contribution < 1.29 is 14.3 Å². The largest absolute Gasteiger partial charge is 0.493 e. The van der Waals surface area contributed by atoms with Crippen molar-refractivity contribution in [3.8, 4) is 22.9 Å². The molecule has 9 nitrogen and oxygen atoms in total. The Hall–Kier alpha value is -3.79. The van der Waals surface area contributed by atoms with Crippen molar-refractivity contribution in [1.82, 2.24) is 19.6 Å². The van der Waals surface area contributed by atoms with Crippen LogP contribution in [0.1, 0.15) is 5.56 Å². The molecule has 2 aromatic carbocycles. The van der Waals surface area contributed by atoms with Crippen LogP contribution in [0.4, 0.5) is 5.69 Å². The van der Waals surface area contributed by atoms with Crippen molar-refractivity contribution in [2.75, 3.05) is 25.3 Å². The van der Waals surface area contributed by atoms with Crippen LogP contribution >= 0.6 is 11.8 Å². The van der Waals surface area contributed by atoms with Gasteiger partial charge in [-0.3, -0.25) is 14.7 Å². The van der Waals surface area contributed by atoms with Gasteiger partial charge in [0.05, 0.1) is 20.0 Å². The van der Waals surface area contributed by atoms with Crippen molar-refractivity contribution in [1.29, 1.82) is 0 Å². The van der Waals surface area contributed by atoms with Gasteiger partial charge in [-0.15, -0.1) is 0 Å². The van der Waals surface area contributed by atoms with Gasteiger partial charge in [-0.2, -0.15) is 0 Å². The minimum absolute atomic E-state index is 0.0773. The fraction of sp³-hybridized carbons (Fsp3) is 0.182. The summed E-state index contributed by atoms with van der Waals surface area (Å²) in [5.41, 5.74) is 2.59. The molecule has 0 saturated carbocycles. The van der Waals surface area contributed by atoms with E-state index < -0.39 is 0 Å². The van der Waals surface area contributed by atoms with Crippen LogP contribution in [0.25, 0.3) is 17.0 Å². The van der Waals surface area contributed by atoms with Gasteiger partial charge in [-0.25, -0.2) is 14.5 Å². The number of thioether (sulfide) groups is 1. The minimum Gasteiger partial charge on any atom is -0.493 e. The maximum atomic E-state index is 12.6. The molecule has 0 aliphatic carbocycles. The average molecular weight is 452 g/mol. The molecule has 0 radical (unpaired) electrons. The molecule has 164 valence electrons. The summed E-state index contributed by atoms with van der Waals surface area (Å²) in [7, 11) is 3.08. The molecule has 0 saturated heterocycles. The summed E-state index contributed by atoms with van der Waals surface area (Å²) in [5, 5.41) is 5.96. The maximum absolute atomic E-state index is 12.6. The Bertz CT molecular complexity index is 1350. The molecule has 0 aliphatic rings. The van der Waals surface area contributed by atoms with Gasteiger partial charge in [-0.1, -0.05) is 36.0 Å². The van der Waals surface area contributed by atoms with Gasteiger partial charge in [0.2, 0.25) is 5.91 Å². The fourth-order valence-electron chi connectivity index (χ4n) is 3.17. The van der Waals surface area contributed by atoms with Crippen molar-refractivity contribution >= 4 is 29.0 Å². The first-order valence-electron chi connectivity index (χ1n) is 9.69. The van der Waals surface area contributed by atoms with Crippen LogP contribution in [0, 0.1) is 6.92 Å². The Labute approximate surface area is 187 Å². The zero-order valence-corrected chi connectivity index (χ0v) is 18.5. The van der Waals surface area contributed by atoms with Crippen LogP contribution < -0.4 is 20.3 Å². The molecule has 4 rings (SSSR count). The summed E-state index contributed by atoms with van der Waals surface area (Å²) >= 11 is 1.20. The summed E-state index contributed by atoms with van der Waals surface area (Å²) in [6, 6.07) is 14.3. The number of anilines is 1. The lowest BCUT2D eigenvalue weighted by molar-refractivity contribution is -0.113. The number of methoxy groups -OCH3 is 2. The van der Waals surface area contributed by atoms with Crippen molar-refractivity contribution in [3.63, 3.8) is 0 Å². The monoisotopic (exact) mass is 451 g/mol. The van der Waals surface area contributed by atoms with Gasteiger partial charge in [-0.05, 0) is 24.6 Å². The van der Waals surface area contributed by atoms with Crippen molar-refractivity contribution in [3.05, 3.63) is 64.4 Å². The highest BCUT2D eigenvalue weighted by Crippen LogP contribution is 2.30. The molecule has 0 atom stereocenters. The Morgan fingerprint density at radius 1 is 1.09 bits per heavy atom. The van der Waals surface area contributed by atoms with E-state index in [0.29, 0.717) is 33.8 Å². The lowest BCUT2D eigenvalue weighted by Gasteiger charge is -2.11. The minimum atomic E-state index is -0.294. The third-order valence-electron chi connectivity index (χ3n) is 4.71. The van der Waals surface area contributed by atoms with Crippen LogP contribution in [-0.4, -0.2) is 45.5 Å². The van der Waals surface area contributed by atoms with Crippen LogP contribution in [0.3, 0.4) is 0 Å². The lowest BCUT2D eigenvalue weighted by atomic mass is 10.1. The number of H-pyrrole nitrogens is 1. The van der Waals surface area contributed by atoms with Crippen LogP contribution in [0.15, 0.2) is 58.5 Å². The Morgan fingerprint density at radius 2 is 1.88 bits per heavy atom. The van der Waals surface area contributed by atoms with Crippen LogP contribution in [0.2, 0.25) is 0 Å².